The lowest BCUT2D eigenvalue weighted by Crippen LogP contribution is -2.01. The van der Waals surface area contributed by atoms with Gasteiger partial charge in [-0.25, -0.2) is 0 Å². The summed E-state index contributed by atoms with van der Waals surface area (Å²) in [7, 11) is 0. The lowest BCUT2D eigenvalue weighted by atomic mass is 9.92. The monoisotopic (exact) mass is 140 g/mol. The van der Waals surface area contributed by atoms with Crippen LogP contribution in [0.25, 0.3) is 0 Å². The van der Waals surface area contributed by atoms with Gasteiger partial charge < -0.3 is 0 Å². The van der Waals surface area contributed by atoms with Gasteiger partial charge in [0.15, 0.2) is 0 Å². The number of hydrogen-bond acceptors (Lipinski definition) is 0. The van der Waals surface area contributed by atoms with Crippen molar-refractivity contribution in [1.29, 1.82) is 0 Å². The van der Waals surface area contributed by atoms with E-state index >= 15 is 0 Å². The van der Waals surface area contributed by atoms with Gasteiger partial charge in [0.25, 0.3) is 0 Å². The maximum atomic E-state index is 2.28. The molecule has 10 heavy (non-hydrogen) atoms. The van der Waals surface area contributed by atoms with Gasteiger partial charge in [-0.2, -0.15) is 0 Å². The summed E-state index contributed by atoms with van der Waals surface area (Å²) >= 11 is 0. The van der Waals surface area contributed by atoms with Crippen LogP contribution in [0.15, 0.2) is 12.2 Å². The van der Waals surface area contributed by atoms with Crippen LogP contribution in [-0.4, -0.2) is 0 Å². The first-order valence-electron chi connectivity index (χ1n) is 4.08. The zero-order chi connectivity index (χ0) is 8.20. The van der Waals surface area contributed by atoms with Crippen LogP contribution >= 0.6 is 0 Å². The van der Waals surface area contributed by atoms with Crippen molar-refractivity contribution in [3.05, 3.63) is 12.2 Å². The largest absolute Gasteiger partial charge is 0.0878 e. The van der Waals surface area contributed by atoms with E-state index in [4.69, 9.17) is 0 Å². The Morgan fingerprint density at radius 3 is 2.00 bits per heavy atom. The molecular weight excluding hydrogens is 120 g/mol. The van der Waals surface area contributed by atoms with E-state index < -0.39 is 0 Å². The molecule has 0 fully saturated rings. The Balaban J connectivity index is 3.54. The van der Waals surface area contributed by atoms with Crippen molar-refractivity contribution in [1.82, 2.24) is 0 Å². The standard InChI is InChI=1S/C10H20/c1-9(2)7-6-8-10(3,4)5/h6-7,9H,8H2,1-5H3. The second-order valence-corrected chi connectivity index (χ2v) is 4.44. The van der Waals surface area contributed by atoms with E-state index in [1.54, 1.807) is 0 Å². The molecule has 0 saturated carbocycles. The highest BCUT2D eigenvalue weighted by molar-refractivity contribution is 4.87. The molecule has 0 heterocycles. The number of allylic oxidation sites excluding steroid dienone is 2. The molecule has 0 radical (unpaired) electrons. The molecular formula is C10H20. The first-order chi connectivity index (χ1) is 4.42. The van der Waals surface area contributed by atoms with Crippen molar-refractivity contribution in [2.24, 2.45) is 11.3 Å². The Kier molecular flexibility index (Phi) is 3.70. The molecule has 60 valence electrons. The fourth-order valence-corrected chi connectivity index (χ4v) is 0.694. The zero-order valence-corrected chi connectivity index (χ0v) is 7.94. The van der Waals surface area contributed by atoms with Crippen LogP contribution in [0.3, 0.4) is 0 Å². The Bertz CT molecular complexity index is 102. The summed E-state index contributed by atoms with van der Waals surface area (Å²) in [5, 5.41) is 0. The van der Waals surface area contributed by atoms with E-state index in [2.05, 4.69) is 46.8 Å². The second-order valence-electron chi connectivity index (χ2n) is 4.44. The van der Waals surface area contributed by atoms with Crippen LogP contribution in [0.5, 0.6) is 0 Å². The first kappa shape index (κ1) is 9.74. The molecule has 0 aliphatic heterocycles. The van der Waals surface area contributed by atoms with Crippen LogP contribution in [-0.2, 0) is 0 Å². The van der Waals surface area contributed by atoms with Gasteiger partial charge >= 0.3 is 0 Å². The van der Waals surface area contributed by atoms with Crippen molar-refractivity contribution in [3.63, 3.8) is 0 Å². The summed E-state index contributed by atoms with van der Waals surface area (Å²) in [5.74, 6) is 0.697. The third kappa shape index (κ3) is 7.74. The van der Waals surface area contributed by atoms with E-state index in [0.717, 1.165) is 0 Å². The SMILES string of the molecule is CC(C)C=CCC(C)(C)C. The van der Waals surface area contributed by atoms with Crippen LogP contribution in [0.2, 0.25) is 0 Å². The van der Waals surface area contributed by atoms with Crippen LogP contribution in [0, 0.1) is 11.3 Å². The number of rotatable bonds is 2. The maximum Gasteiger partial charge on any atom is -0.0290 e. The van der Waals surface area contributed by atoms with Crippen molar-refractivity contribution in [3.8, 4) is 0 Å². The molecule has 0 nitrogen and oxygen atoms in total. The maximum absolute atomic E-state index is 2.28. The molecule has 0 rings (SSSR count). The van der Waals surface area contributed by atoms with Crippen LogP contribution < -0.4 is 0 Å². The molecule has 0 unspecified atom stereocenters. The Morgan fingerprint density at radius 1 is 1.20 bits per heavy atom. The summed E-state index contributed by atoms with van der Waals surface area (Å²) in [6.45, 7) is 11.2. The third-order valence-corrected chi connectivity index (χ3v) is 1.25. The lowest BCUT2D eigenvalue weighted by Gasteiger charge is -2.14. The zero-order valence-electron chi connectivity index (χ0n) is 7.94. The van der Waals surface area contributed by atoms with Gasteiger partial charge in [-0.05, 0) is 17.8 Å². The summed E-state index contributed by atoms with van der Waals surface area (Å²) in [6.07, 6.45) is 5.74. The quantitative estimate of drug-likeness (QED) is 0.514. The smallest absolute Gasteiger partial charge is 0.0290 e. The van der Waals surface area contributed by atoms with Crippen molar-refractivity contribution >= 4 is 0 Å². The van der Waals surface area contributed by atoms with Gasteiger partial charge in [-0.3, -0.25) is 0 Å². The molecule has 0 bridgehead atoms. The fraction of sp³-hybridized carbons (Fsp3) is 0.800. The lowest BCUT2D eigenvalue weighted by molar-refractivity contribution is 0.419. The number of hydrogen-bond donors (Lipinski definition) is 0. The van der Waals surface area contributed by atoms with E-state index in [1.165, 1.54) is 6.42 Å². The summed E-state index contributed by atoms with van der Waals surface area (Å²) < 4.78 is 0. The van der Waals surface area contributed by atoms with Crippen molar-refractivity contribution < 1.29 is 0 Å². The predicted molar refractivity (Wildman–Crippen MR) is 48.1 cm³/mol. The summed E-state index contributed by atoms with van der Waals surface area (Å²) in [6, 6.07) is 0. The first-order valence-corrected chi connectivity index (χ1v) is 4.08. The normalized spacial score (nSPS) is 13.4. The molecule has 0 atom stereocenters. The molecule has 0 aromatic rings. The van der Waals surface area contributed by atoms with Crippen molar-refractivity contribution in [2.75, 3.05) is 0 Å². The highest BCUT2D eigenvalue weighted by Gasteiger charge is 2.05. The van der Waals surface area contributed by atoms with Crippen molar-refractivity contribution in [2.45, 2.75) is 41.0 Å². The molecule has 0 aliphatic rings. The van der Waals surface area contributed by atoms with E-state index in [-0.39, 0.29) is 0 Å². The predicted octanol–water partition coefficient (Wildman–Crippen LogP) is 3.63. The average molecular weight is 140 g/mol. The van der Waals surface area contributed by atoms with Gasteiger partial charge in [0.05, 0.1) is 0 Å². The van der Waals surface area contributed by atoms with Gasteiger partial charge in [-0.1, -0.05) is 46.8 Å². The summed E-state index contributed by atoms with van der Waals surface area (Å²) in [5.41, 5.74) is 0.450. The minimum Gasteiger partial charge on any atom is -0.0878 e. The molecule has 0 heteroatoms. The van der Waals surface area contributed by atoms with E-state index in [1.807, 2.05) is 0 Å². The second kappa shape index (κ2) is 3.80. The molecule has 0 amide bonds. The van der Waals surface area contributed by atoms with E-state index in [9.17, 15) is 0 Å². The highest BCUT2D eigenvalue weighted by Crippen LogP contribution is 2.18. The minimum absolute atomic E-state index is 0.450. The van der Waals surface area contributed by atoms with Gasteiger partial charge in [-0.15, -0.1) is 0 Å². The van der Waals surface area contributed by atoms with E-state index in [0.29, 0.717) is 11.3 Å². The topological polar surface area (TPSA) is 0 Å². The third-order valence-electron chi connectivity index (χ3n) is 1.25. The van der Waals surface area contributed by atoms with Gasteiger partial charge in [0.1, 0.15) is 0 Å². The van der Waals surface area contributed by atoms with Crippen LogP contribution in [0.4, 0.5) is 0 Å². The molecule has 0 spiro atoms. The molecule has 0 saturated heterocycles. The molecule has 0 aliphatic carbocycles. The molecule has 0 aromatic carbocycles. The van der Waals surface area contributed by atoms with Crippen LogP contribution in [0.1, 0.15) is 41.0 Å². The molecule has 0 aromatic heterocycles. The Labute approximate surface area is 65.3 Å². The Hall–Kier alpha value is -0.260. The molecule has 0 N–H and O–H groups in total. The average Bonchev–Trinajstić information content (AvgIpc) is 1.59. The Morgan fingerprint density at radius 2 is 1.70 bits per heavy atom. The fourth-order valence-electron chi connectivity index (χ4n) is 0.694. The summed E-state index contributed by atoms with van der Waals surface area (Å²) in [4.78, 5) is 0. The van der Waals surface area contributed by atoms with Gasteiger partial charge in [0, 0.05) is 0 Å². The van der Waals surface area contributed by atoms with Gasteiger partial charge in [0.2, 0.25) is 0 Å². The minimum atomic E-state index is 0.450. The highest BCUT2D eigenvalue weighted by atomic mass is 14.1.